The maximum Gasteiger partial charge on any atom is 0.150 e. The van der Waals surface area contributed by atoms with Crippen LogP contribution in [0.1, 0.15) is 18.0 Å². The number of rotatable bonds is 3. The fourth-order valence-electron chi connectivity index (χ4n) is 2.47. The summed E-state index contributed by atoms with van der Waals surface area (Å²) in [5.74, 6) is 0.670. The van der Waals surface area contributed by atoms with Gasteiger partial charge in [0.1, 0.15) is 0 Å². The molecule has 1 fully saturated rings. The van der Waals surface area contributed by atoms with Gasteiger partial charge in [0.15, 0.2) is 9.84 Å². The quantitative estimate of drug-likeness (QED) is 0.910. The highest BCUT2D eigenvalue weighted by atomic mass is 79.9. The van der Waals surface area contributed by atoms with Gasteiger partial charge in [-0.2, -0.15) is 0 Å². The van der Waals surface area contributed by atoms with Crippen LogP contribution in [0.4, 0.5) is 0 Å². The molecule has 0 spiro atoms. The van der Waals surface area contributed by atoms with Gasteiger partial charge in [-0.1, -0.05) is 17.7 Å². The molecule has 0 aromatic heterocycles. The molecule has 1 aliphatic rings. The Morgan fingerprint density at radius 2 is 2.22 bits per heavy atom. The summed E-state index contributed by atoms with van der Waals surface area (Å²) in [5.41, 5.74) is 1.04. The molecular formula is C12H15BrClNO2S. The van der Waals surface area contributed by atoms with Crippen molar-refractivity contribution in [1.82, 2.24) is 5.32 Å². The van der Waals surface area contributed by atoms with E-state index in [1.165, 1.54) is 0 Å². The fraction of sp³-hybridized carbons (Fsp3) is 0.500. The van der Waals surface area contributed by atoms with Crippen LogP contribution >= 0.6 is 27.5 Å². The third-order valence-corrected chi connectivity index (χ3v) is 6.38. The monoisotopic (exact) mass is 351 g/mol. The molecule has 0 bridgehead atoms. The number of hydrogen-bond acceptors (Lipinski definition) is 3. The molecule has 2 atom stereocenters. The Morgan fingerprint density at radius 3 is 2.72 bits per heavy atom. The number of benzene rings is 1. The topological polar surface area (TPSA) is 46.2 Å². The van der Waals surface area contributed by atoms with E-state index < -0.39 is 9.84 Å². The molecule has 18 heavy (non-hydrogen) atoms. The molecule has 0 aliphatic carbocycles. The predicted molar refractivity (Wildman–Crippen MR) is 77.7 cm³/mol. The average Bonchev–Trinajstić information content (AvgIpc) is 2.65. The molecule has 0 amide bonds. The van der Waals surface area contributed by atoms with Crippen LogP contribution in [0.25, 0.3) is 0 Å². The van der Waals surface area contributed by atoms with Crippen LogP contribution in [0.5, 0.6) is 0 Å². The Labute approximate surface area is 121 Å². The molecule has 1 saturated heterocycles. The highest BCUT2D eigenvalue weighted by molar-refractivity contribution is 9.10. The van der Waals surface area contributed by atoms with Crippen LogP contribution in [-0.2, 0) is 9.84 Å². The van der Waals surface area contributed by atoms with Gasteiger partial charge in [-0.25, -0.2) is 8.42 Å². The largest absolute Gasteiger partial charge is 0.313 e. The zero-order chi connectivity index (χ0) is 13.3. The molecular weight excluding hydrogens is 338 g/mol. The Kier molecular flexibility index (Phi) is 4.36. The van der Waals surface area contributed by atoms with Gasteiger partial charge in [0.05, 0.1) is 16.5 Å². The van der Waals surface area contributed by atoms with Gasteiger partial charge in [-0.3, -0.25) is 0 Å². The first-order valence-corrected chi connectivity index (χ1v) is 8.75. The van der Waals surface area contributed by atoms with Gasteiger partial charge in [0.25, 0.3) is 0 Å². The number of sulfone groups is 1. The summed E-state index contributed by atoms with van der Waals surface area (Å²) in [5, 5.41) is 3.85. The van der Waals surface area contributed by atoms with Gasteiger partial charge in [0.2, 0.25) is 0 Å². The van der Waals surface area contributed by atoms with E-state index in [4.69, 9.17) is 11.6 Å². The summed E-state index contributed by atoms with van der Waals surface area (Å²) in [4.78, 5) is 0. The van der Waals surface area contributed by atoms with E-state index in [1.54, 1.807) is 0 Å². The lowest BCUT2D eigenvalue weighted by Crippen LogP contribution is -2.26. The number of hydrogen-bond donors (Lipinski definition) is 1. The second-order valence-electron chi connectivity index (χ2n) is 4.60. The molecule has 3 nitrogen and oxygen atoms in total. The predicted octanol–water partition coefficient (Wildman–Crippen LogP) is 2.80. The van der Waals surface area contributed by atoms with Crippen molar-refractivity contribution in [3.63, 3.8) is 0 Å². The van der Waals surface area contributed by atoms with Crippen molar-refractivity contribution in [2.75, 3.05) is 18.6 Å². The minimum atomic E-state index is -2.86. The molecule has 1 aliphatic heterocycles. The van der Waals surface area contributed by atoms with Crippen molar-refractivity contribution in [2.45, 2.75) is 12.5 Å². The summed E-state index contributed by atoms with van der Waals surface area (Å²) >= 11 is 9.44. The maximum atomic E-state index is 11.6. The minimum absolute atomic E-state index is 0.0351. The molecule has 1 heterocycles. The van der Waals surface area contributed by atoms with Crippen molar-refractivity contribution in [3.8, 4) is 0 Å². The van der Waals surface area contributed by atoms with E-state index in [2.05, 4.69) is 21.2 Å². The van der Waals surface area contributed by atoms with E-state index in [1.807, 2.05) is 25.2 Å². The Hall–Kier alpha value is -0.100. The fourth-order valence-corrected chi connectivity index (χ4v) is 4.74. The lowest BCUT2D eigenvalue weighted by molar-refractivity contribution is 0.418. The molecule has 1 aromatic rings. The lowest BCUT2D eigenvalue weighted by atomic mass is 9.93. The number of nitrogens with one attached hydrogen (secondary N) is 1. The summed E-state index contributed by atoms with van der Waals surface area (Å²) in [6.07, 6.45) is 0.710. The first-order valence-electron chi connectivity index (χ1n) is 5.75. The van der Waals surface area contributed by atoms with Crippen molar-refractivity contribution < 1.29 is 8.42 Å². The lowest BCUT2D eigenvalue weighted by Gasteiger charge is -2.22. The normalized spacial score (nSPS) is 24.1. The zero-order valence-electron chi connectivity index (χ0n) is 9.99. The smallest absolute Gasteiger partial charge is 0.150 e. The van der Waals surface area contributed by atoms with Crippen molar-refractivity contribution in [3.05, 3.63) is 33.3 Å². The summed E-state index contributed by atoms with van der Waals surface area (Å²) in [7, 11) is -1.01. The van der Waals surface area contributed by atoms with Crippen LogP contribution in [0, 0.1) is 5.92 Å². The number of halogens is 2. The van der Waals surface area contributed by atoms with Gasteiger partial charge >= 0.3 is 0 Å². The van der Waals surface area contributed by atoms with Gasteiger partial charge < -0.3 is 5.32 Å². The second kappa shape index (κ2) is 5.49. The Morgan fingerprint density at radius 1 is 1.50 bits per heavy atom. The Bertz CT molecular complexity index is 547. The van der Waals surface area contributed by atoms with Gasteiger partial charge in [-0.05, 0) is 53.0 Å². The Balaban J connectivity index is 2.26. The first kappa shape index (κ1) is 14.3. The third-order valence-electron chi connectivity index (χ3n) is 3.35. The van der Waals surface area contributed by atoms with Crippen LogP contribution in [0.2, 0.25) is 5.02 Å². The second-order valence-corrected chi connectivity index (χ2v) is 8.09. The van der Waals surface area contributed by atoms with Crippen molar-refractivity contribution in [2.24, 2.45) is 5.92 Å². The van der Waals surface area contributed by atoms with Crippen molar-refractivity contribution >= 4 is 37.4 Å². The molecule has 100 valence electrons. The average molecular weight is 353 g/mol. The first-order chi connectivity index (χ1) is 8.43. The maximum absolute atomic E-state index is 11.6. The van der Waals surface area contributed by atoms with E-state index in [9.17, 15) is 8.42 Å². The van der Waals surface area contributed by atoms with Crippen molar-refractivity contribution in [1.29, 1.82) is 0 Å². The van der Waals surface area contributed by atoms with E-state index in [0.29, 0.717) is 17.2 Å². The molecule has 6 heteroatoms. The standard InChI is InChI=1S/C12H15BrClNO2S/c1-15-12(9-4-5-18(16,17)7-9)8-2-3-10(13)11(14)6-8/h2-3,6,9,12,15H,4-5,7H2,1H3. The van der Waals surface area contributed by atoms with Crippen LogP contribution in [0.15, 0.2) is 22.7 Å². The zero-order valence-corrected chi connectivity index (χ0v) is 13.1. The SMILES string of the molecule is CNC(c1ccc(Br)c(Cl)c1)C1CCS(=O)(=O)C1. The van der Waals surface area contributed by atoms with Crippen LogP contribution in [0.3, 0.4) is 0 Å². The molecule has 0 saturated carbocycles. The summed E-state index contributed by atoms with van der Waals surface area (Å²) < 4.78 is 24.0. The molecule has 2 rings (SSSR count). The molecule has 2 unspecified atom stereocenters. The summed E-state index contributed by atoms with van der Waals surface area (Å²) in [6.45, 7) is 0. The van der Waals surface area contributed by atoms with Crippen LogP contribution in [-0.4, -0.2) is 27.0 Å². The van der Waals surface area contributed by atoms with E-state index in [0.717, 1.165) is 10.0 Å². The molecule has 0 radical (unpaired) electrons. The molecule has 1 aromatic carbocycles. The van der Waals surface area contributed by atoms with E-state index >= 15 is 0 Å². The van der Waals surface area contributed by atoms with E-state index in [-0.39, 0.29) is 17.7 Å². The van der Waals surface area contributed by atoms with Gasteiger partial charge in [-0.15, -0.1) is 0 Å². The minimum Gasteiger partial charge on any atom is -0.313 e. The third kappa shape index (κ3) is 3.07. The van der Waals surface area contributed by atoms with Crippen LogP contribution < -0.4 is 5.32 Å². The highest BCUT2D eigenvalue weighted by Gasteiger charge is 2.33. The van der Waals surface area contributed by atoms with Gasteiger partial charge in [0, 0.05) is 10.5 Å². The molecule has 1 N–H and O–H groups in total. The summed E-state index contributed by atoms with van der Waals surface area (Å²) in [6, 6.07) is 5.79. The highest BCUT2D eigenvalue weighted by Crippen LogP contribution is 2.33.